The molecular formula is C30H28F2N10O2. The van der Waals surface area contributed by atoms with Crippen LogP contribution in [-0.4, -0.2) is 79.4 Å². The predicted octanol–water partition coefficient (Wildman–Crippen LogP) is 3.43. The number of halogens is 2. The average Bonchev–Trinajstić information content (AvgIpc) is 3.64. The van der Waals surface area contributed by atoms with Crippen molar-refractivity contribution in [1.29, 1.82) is 0 Å². The van der Waals surface area contributed by atoms with Crippen LogP contribution in [0.2, 0.25) is 0 Å². The largest absolute Gasteiger partial charge is 0.458 e. The SMILES string of the molecule is CN1CCCNc2c(N)cccc2-c2ccnc(n2)O[C@H]2C[C@@H](C1=O)N(c1ncnc3c1cnn3-c1ccc(F)cc1F)C2. The van der Waals surface area contributed by atoms with Gasteiger partial charge >= 0.3 is 6.01 Å². The summed E-state index contributed by atoms with van der Waals surface area (Å²) in [4.78, 5) is 35.3. The molecule has 224 valence electrons. The third-order valence-corrected chi connectivity index (χ3v) is 7.93. The first-order valence-electron chi connectivity index (χ1n) is 14.2. The lowest BCUT2D eigenvalue weighted by Crippen LogP contribution is -2.45. The Bertz CT molecular complexity index is 1880. The second-order valence-corrected chi connectivity index (χ2v) is 10.8. The summed E-state index contributed by atoms with van der Waals surface area (Å²) in [6, 6.07) is 10.2. The van der Waals surface area contributed by atoms with Crippen LogP contribution in [-0.2, 0) is 4.79 Å². The van der Waals surface area contributed by atoms with Crippen molar-refractivity contribution >= 4 is 34.1 Å². The Morgan fingerprint density at radius 2 is 2.00 bits per heavy atom. The van der Waals surface area contributed by atoms with Gasteiger partial charge in [-0.15, -0.1) is 0 Å². The van der Waals surface area contributed by atoms with Crippen molar-refractivity contribution < 1.29 is 18.3 Å². The maximum Gasteiger partial charge on any atom is 0.317 e. The van der Waals surface area contributed by atoms with E-state index in [2.05, 4.69) is 30.4 Å². The number of nitrogens with two attached hydrogens (primary N) is 1. The number of aromatic nitrogens is 6. The molecule has 14 heteroatoms. The van der Waals surface area contributed by atoms with Gasteiger partial charge in [-0.2, -0.15) is 10.1 Å². The quantitative estimate of drug-likeness (QED) is 0.291. The van der Waals surface area contributed by atoms with Crippen LogP contribution in [0.15, 0.2) is 61.2 Å². The van der Waals surface area contributed by atoms with Gasteiger partial charge in [-0.1, -0.05) is 12.1 Å². The number of benzene rings is 2. The molecule has 1 saturated heterocycles. The van der Waals surface area contributed by atoms with Crippen molar-refractivity contribution in [3.8, 4) is 23.0 Å². The molecular weight excluding hydrogens is 570 g/mol. The number of nitrogens with zero attached hydrogens (tertiary/aromatic N) is 8. The number of amides is 1. The van der Waals surface area contributed by atoms with Gasteiger partial charge < -0.3 is 25.6 Å². The van der Waals surface area contributed by atoms with E-state index in [1.165, 1.54) is 23.3 Å². The summed E-state index contributed by atoms with van der Waals surface area (Å²) in [6.45, 7) is 1.37. The van der Waals surface area contributed by atoms with Gasteiger partial charge in [0.25, 0.3) is 0 Å². The first-order chi connectivity index (χ1) is 21.4. The molecule has 2 aliphatic rings. The maximum atomic E-state index is 14.7. The van der Waals surface area contributed by atoms with Gasteiger partial charge in [0.15, 0.2) is 11.5 Å². The standard InChI is InChI=1S/C30H28F2N10O2/c1-40-11-3-9-34-26-19(4-2-5-22(26)33)23-8-10-35-30(39-23)44-18-13-25(29(40)43)41(15-18)27-20-14-38-42(28(20)37-16-36-27)24-7-6-17(31)12-21(24)32/h2,4-8,10,12,14,16,18,25,34H,3,9,11,13,15,33H2,1H3/t18-,25-/m0/s1. The van der Waals surface area contributed by atoms with Crippen LogP contribution in [0, 0.1) is 11.6 Å². The van der Waals surface area contributed by atoms with Crippen LogP contribution in [0.3, 0.4) is 0 Å². The molecule has 0 saturated carbocycles. The third kappa shape index (κ3) is 4.87. The summed E-state index contributed by atoms with van der Waals surface area (Å²) in [7, 11) is 1.77. The second-order valence-electron chi connectivity index (χ2n) is 10.8. The summed E-state index contributed by atoms with van der Waals surface area (Å²) >= 11 is 0. The van der Waals surface area contributed by atoms with Gasteiger partial charge in [-0.25, -0.2) is 28.4 Å². The molecule has 2 aromatic carbocycles. The minimum atomic E-state index is -0.783. The number of para-hydroxylation sites is 1. The highest BCUT2D eigenvalue weighted by Crippen LogP contribution is 2.35. The molecule has 3 N–H and O–H groups in total. The number of hydrogen-bond donors (Lipinski definition) is 2. The number of carbonyl (C=O) groups is 1. The smallest absolute Gasteiger partial charge is 0.317 e. The monoisotopic (exact) mass is 598 g/mol. The molecule has 0 aliphatic carbocycles. The van der Waals surface area contributed by atoms with Crippen molar-refractivity contribution in [2.75, 3.05) is 42.6 Å². The average molecular weight is 599 g/mol. The lowest BCUT2D eigenvalue weighted by Gasteiger charge is -2.28. The first-order valence-corrected chi connectivity index (χ1v) is 14.2. The van der Waals surface area contributed by atoms with E-state index in [1.807, 2.05) is 23.1 Å². The number of nitrogens with one attached hydrogen (secondary N) is 1. The molecule has 5 aromatic rings. The van der Waals surface area contributed by atoms with Gasteiger partial charge in [-0.3, -0.25) is 4.79 Å². The van der Waals surface area contributed by atoms with Crippen molar-refractivity contribution in [2.45, 2.75) is 25.0 Å². The summed E-state index contributed by atoms with van der Waals surface area (Å²) in [6.07, 6.45) is 5.05. The van der Waals surface area contributed by atoms with Crippen molar-refractivity contribution in [3.63, 3.8) is 0 Å². The van der Waals surface area contributed by atoms with E-state index in [-0.39, 0.29) is 17.6 Å². The first kappa shape index (κ1) is 27.4. The summed E-state index contributed by atoms with van der Waals surface area (Å²) in [5, 5.41) is 8.24. The van der Waals surface area contributed by atoms with Gasteiger partial charge in [0.05, 0.1) is 35.2 Å². The van der Waals surface area contributed by atoms with Crippen molar-refractivity contribution in [3.05, 3.63) is 72.8 Å². The molecule has 7 rings (SSSR count). The third-order valence-electron chi connectivity index (χ3n) is 7.93. The number of likely N-dealkylation sites (N-methyl/N-ethyl adjacent to an activating group) is 1. The van der Waals surface area contributed by atoms with Crippen LogP contribution in [0.25, 0.3) is 28.0 Å². The number of fused-ring (bicyclic) bond motifs is 7. The van der Waals surface area contributed by atoms with E-state index >= 15 is 0 Å². The number of anilines is 3. The number of hydrogen-bond acceptors (Lipinski definition) is 10. The fourth-order valence-corrected chi connectivity index (χ4v) is 5.81. The number of ether oxygens (including phenoxy) is 1. The number of nitrogen functional groups attached to an aromatic ring is 1. The molecule has 5 heterocycles. The highest BCUT2D eigenvalue weighted by atomic mass is 19.1. The van der Waals surface area contributed by atoms with Crippen LogP contribution < -0.4 is 20.7 Å². The zero-order valence-electron chi connectivity index (χ0n) is 23.7. The lowest BCUT2D eigenvalue weighted by molar-refractivity contribution is -0.131. The van der Waals surface area contributed by atoms with Gasteiger partial charge in [-0.05, 0) is 30.7 Å². The summed E-state index contributed by atoms with van der Waals surface area (Å²) in [5.41, 5.74) is 9.48. The summed E-state index contributed by atoms with van der Waals surface area (Å²) in [5.74, 6) is -1.14. The van der Waals surface area contributed by atoms with Crippen LogP contribution in [0.5, 0.6) is 6.01 Å². The maximum absolute atomic E-state index is 14.7. The van der Waals surface area contributed by atoms with Crippen molar-refractivity contribution in [1.82, 2.24) is 34.6 Å². The molecule has 0 unspecified atom stereocenters. The normalized spacial score (nSPS) is 18.8. The highest BCUT2D eigenvalue weighted by Gasteiger charge is 2.41. The molecule has 2 atom stereocenters. The molecule has 0 radical (unpaired) electrons. The summed E-state index contributed by atoms with van der Waals surface area (Å²) < 4.78 is 35.8. The topological polar surface area (TPSA) is 140 Å². The Kier molecular flexibility index (Phi) is 6.87. The zero-order chi connectivity index (χ0) is 30.4. The molecule has 1 fully saturated rings. The van der Waals surface area contributed by atoms with E-state index < -0.39 is 23.8 Å². The molecule has 12 nitrogen and oxygen atoms in total. The van der Waals surface area contributed by atoms with E-state index in [0.29, 0.717) is 60.7 Å². The fourth-order valence-electron chi connectivity index (χ4n) is 5.81. The number of carbonyl (C=O) groups excluding carboxylic acids is 1. The Balaban J connectivity index is 1.27. The predicted molar refractivity (Wildman–Crippen MR) is 159 cm³/mol. The van der Waals surface area contributed by atoms with Crippen LogP contribution >= 0.6 is 0 Å². The molecule has 44 heavy (non-hydrogen) atoms. The van der Waals surface area contributed by atoms with Gasteiger partial charge in [0, 0.05) is 44.4 Å². The molecule has 3 aromatic heterocycles. The van der Waals surface area contributed by atoms with E-state index in [9.17, 15) is 13.6 Å². The Morgan fingerprint density at radius 1 is 1.11 bits per heavy atom. The van der Waals surface area contributed by atoms with E-state index in [1.54, 1.807) is 24.2 Å². The molecule has 2 aliphatic heterocycles. The molecule has 1 amide bonds. The highest BCUT2D eigenvalue weighted by molar-refractivity contribution is 5.92. The Hall–Kier alpha value is -5.40. The van der Waals surface area contributed by atoms with Crippen LogP contribution in [0.1, 0.15) is 12.8 Å². The van der Waals surface area contributed by atoms with Crippen molar-refractivity contribution in [2.24, 2.45) is 0 Å². The van der Waals surface area contributed by atoms with E-state index in [0.717, 1.165) is 23.4 Å². The minimum absolute atomic E-state index is 0.0384. The second kappa shape index (κ2) is 11.0. The van der Waals surface area contributed by atoms with E-state index in [4.69, 9.17) is 10.5 Å². The van der Waals surface area contributed by atoms with Crippen LogP contribution in [0.4, 0.5) is 26.0 Å². The molecule has 4 bridgehead atoms. The Morgan fingerprint density at radius 3 is 2.86 bits per heavy atom. The lowest BCUT2D eigenvalue weighted by atomic mass is 10.1. The molecule has 0 spiro atoms. The minimum Gasteiger partial charge on any atom is -0.458 e. The van der Waals surface area contributed by atoms with Gasteiger partial charge in [0.1, 0.15) is 35.8 Å². The van der Waals surface area contributed by atoms with Gasteiger partial charge in [0.2, 0.25) is 5.91 Å². The fraction of sp³-hybridized carbons (Fsp3) is 0.267. The zero-order valence-corrected chi connectivity index (χ0v) is 23.7. The number of rotatable bonds is 2. The Labute approximate surface area is 250 Å².